The molecule has 0 amide bonds. The first kappa shape index (κ1) is 12.2. The third kappa shape index (κ3) is 2.21. The zero-order valence-electron chi connectivity index (χ0n) is 9.40. The second-order valence-corrected chi connectivity index (χ2v) is 4.86. The minimum Gasteiger partial charge on any atom is -0.467 e. The van der Waals surface area contributed by atoms with Gasteiger partial charge in [-0.25, -0.2) is 4.79 Å². The van der Waals surface area contributed by atoms with Gasteiger partial charge in [0.25, 0.3) is 0 Å². The number of carbonyl (C=O) groups is 1. The summed E-state index contributed by atoms with van der Waals surface area (Å²) in [6, 6.07) is 0. The summed E-state index contributed by atoms with van der Waals surface area (Å²) in [5, 5.41) is 13.8. The third-order valence-corrected chi connectivity index (χ3v) is 3.52. The van der Waals surface area contributed by atoms with E-state index >= 15 is 0 Å². The number of aliphatic hydroxyl groups is 1. The molecule has 1 N–H and O–H groups in total. The molecule has 84 valence electrons. The lowest BCUT2D eigenvalue weighted by Gasteiger charge is -2.28. The van der Waals surface area contributed by atoms with E-state index in [1.165, 1.54) is 7.11 Å². The van der Waals surface area contributed by atoms with E-state index < -0.39 is 17.5 Å². The maximum absolute atomic E-state index is 11.3. The number of carbonyl (C=O) groups excluding carboxylic acids is 1. The van der Waals surface area contributed by atoms with E-state index in [9.17, 15) is 9.90 Å². The van der Waals surface area contributed by atoms with Crippen LogP contribution in [0.1, 0.15) is 25.0 Å². The monoisotopic (exact) mass is 228 g/mol. The number of ether oxygens (including phenoxy) is 1. The van der Waals surface area contributed by atoms with Gasteiger partial charge in [0, 0.05) is 5.41 Å². The van der Waals surface area contributed by atoms with Gasteiger partial charge in [-0.15, -0.1) is 0 Å². The summed E-state index contributed by atoms with van der Waals surface area (Å²) in [6.07, 6.45) is -1.13. The van der Waals surface area contributed by atoms with Crippen LogP contribution in [0, 0.1) is 6.92 Å². The highest BCUT2D eigenvalue weighted by atomic mass is 32.1. The van der Waals surface area contributed by atoms with Crippen molar-refractivity contribution in [1.82, 2.24) is 0 Å². The Labute approximate surface area is 93.7 Å². The molecule has 1 unspecified atom stereocenters. The Morgan fingerprint density at radius 1 is 1.53 bits per heavy atom. The zero-order valence-corrected chi connectivity index (χ0v) is 10.2. The van der Waals surface area contributed by atoms with Gasteiger partial charge in [0.1, 0.15) is 0 Å². The fourth-order valence-corrected chi connectivity index (χ4v) is 2.60. The number of hydrogen-bond acceptors (Lipinski definition) is 4. The number of thiophene rings is 1. The van der Waals surface area contributed by atoms with Crippen LogP contribution in [0.5, 0.6) is 0 Å². The molecule has 0 aliphatic rings. The largest absolute Gasteiger partial charge is 0.467 e. The van der Waals surface area contributed by atoms with Crippen LogP contribution >= 0.6 is 11.3 Å². The molecule has 0 aliphatic carbocycles. The van der Waals surface area contributed by atoms with Crippen molar-refractivity contribution < 1.29 is 14.6 Å². The summed E-state index contributed by atoms with van der Waals surface area (Å²) in [5.41, 5.74) is 1.47. The zero-order chi connectivity index (χ0) is 11.6. The molecule has 1 rings (SSSR count). The highest BCUT2D eigenvalue weighted by Crippen LogP contribution is 2.32. The summed E-state index contributed by atoms with van der Waals surface area (Å²) in [4.78, 5) is 11.3. The lowest BCUT2D eigenvalue weighted by molar-refractivity contribution is -0.153. The fraction of sp³-hybridized carbons (Fsp3) is 0.545. The van der Waals surface area contributed by atoms with Crippen molar-refractivity contribution in [2.45, 2.75) is 32.3 Å². The molecule has 1 heterocycles. The summed E-state index contributed by atoms with van der Waals surface area (Å²) < 4.78 is 4.55. The molecule has 0 fully saturated rings. The molecule has 0 bridgehead atoms. The second-order valence-electron chi connectivity index (χ2n) is 4.12. The van der Waals surface area contributed by atoms with E-state index in [0.717, 1.165) is 11.1 Å². The first-order chi connectivity index (χ1) is 6.91. The Balaban J connectivity index is 3.02. The summed E-state index contributed by atoms with van der Waals surface area (Å²) >= 11 is 1.57. The number of aryl methyl sites for hydroxylation is 1. The molecule has 1 atom stereocenters. The van der Waals surface area contributed by atoms with Gasteiger partial charge in [0.05, 0.1) is 7.11 Å². The molecule has 4 heteroatoms. The van der Waals surface area contributed by atoms with Gasteiger partial charge in [0.2, 0.25) is 0 Å². The molecule has 0 aliphatic heterocycles. The van der Waals surface area contributed by atoms with Gasteiger partial charge in [-0.1, -0.05) is 13.8 Å². The fourth-order valence-electron chi connectivity index (χ4n) is 1.57. The number of methoxy groups -OCH3 is 1. The summed E-state index contributed by atoms with van der Waals surface area (Å²) in [6.45, 7) is 5.64. The predicted octanol–water partition coefficient (Wildman–Crippen LogP) is 1.87. The standard InChI is InChI=1S/C11H16O3S/c1-7-5-15-6-8(7)11(2,3)9(12)10(13)14-4/h5-6,9,12H,1-4H3. The molecular formula is C11H16O3S. The lowest BCUT2D eigenvalue weighted by atomic mass is 9.79. The summed E-state index contributed by atoms with van der Waals surface area (Å²) in [5.74, 6) is -0.592. The van der Waals surface area contributed by atoms with E-state index in [1.54, 1.807) is 11.3 Å². The molecule has 3 nitrogen and oxygen atoms in total. The molecule has 0 aromatic carbocycles. The van der Waals surface area contributed by atoms with E-state index in [2.05, 4.69) is 4.74 Å². The van der Waals surface area contributed by atoms with Crippen molar-refractivity contribution in [3.8, 4) is 0 Å². The van der Waals surface area contributed by atoms with Crippen molar-refractivity contribution in [2.75, 3.05) is 7.11 Å². The number of hydrogen-bond donors (Lipinski definition) is 1. The van der Waals surface area contributed by atoms with Crippen molar-refractivity contribution in [2.24, 2.45) is 0 Å². The van der Waals surface area contributed by atoms with Crippen LogP contribution in [-0.2, 0) is 14.9 Å². The average Bonchev–Trinajstić information content (AvgIpc) is 2.62. The van der Waals surface area contributed by atoms with Crippen molar-refractivity contribution in [1.29, 1.82) is 0 Å². The lowest BCUT2D eigenvalue weighted by Crippen LogP contribution is -2.40. The minimum absolute atomic E-state index is 0.592. The van der Waals surface area contributed by atoms with Gasteiger partial charge < -0.3 is 9.84 Å². The Bertz CT molecular complexity index is 354. The van der Waals surface area contributed by atoms with E-state index in [-0.39, 0.29) is 0 Å². The van der Waals surface area contributed by atoms with Crippen molar-refractivity contribution in [3.63, 3.8) is 0 Å². The minimum atomic E-state index is -1.13. The molecule has 0 spiro atoms. The van der Waals surface area contributed by atoms with Crippen LogP contribution < -0.4 is 0 Å². The van der Waals surface area contributed by atoms with Crippen LogP contribution in [0.3, 0.4) is 0 Å². The van der Waals surface area contributed by atoms with Crippen molar-refractivity contribution in [3.05, 3.63) is 21.9 Å². The van der Waals surface area contributed by atoms with Gasteiger partial charge in [-0.2, -0.15) is 11.3 Å². The van der Waals surface area contributed by atoms with Crippen LogP contribution in [-0.4, -0.2) is 24.3 Å². The van der Waals surface area contributed by atoms with E-state index in [1.807, 2.05) is 31.5 Å². The molecule has 0 saturated carbocycles. The van der Waals surface area contributed by atoms with Crippen molar-refractivity contribution >= 4 is 17.3 Å². The van der Waals surface area contributed by atoms with Gasteiger partial charge in [-0.05, 0) is 28.8 Å². The van der Waals surface area contributed by atoms with Gasteiger partial charge in [-0.3, -0.25) is 0 Å². The number of rotatable bonds is 3. The first-order valence-electron chi connectivity index (χ1n) is 4.70. The first-order valence-corrected chi connectivity index (χ1v) is 5.64. The highest BCUT2D eigenvalue weighted by molar-refractivity contribution is 7.08. The Morgan fingerprint density at radius 2 is 2.13 bits per heavy atom. The smallest absolute Gasteiger partial charge is 0.335 e. The van der Waals surface area contributed by atoms with Crippen LogP contribution in [0.15, 0.2) is 10.8 Å². The average molecular weight is 228 g/mol. The molecule has 0 radical (unpaired) electrons. The SMILES string of the molecule is COC(=O)C(O)C(C)(C)c1cscc1C. The highest BCUT2D eigenvalue weighted by Gasteiger charge is 2.37. The normalized spacial score (nSPS) is 13.7. The molecule has 0 saturated heterocycles. The molecule has 1 aromatic rings. The maximum Gasteiger partial charge on any atom is 0.335 e. The van der Waals surface area contributed by atoms with Crippen LogP contribution in [0.25, 0.3) is 0 Å². The number of esters is 1. The van der Waals surface area contributed by atoms with E-state index in [4.69, 9.17) is 0 Å². The third-order valence-electron chi connectivity index (χ3n) is 2.66. The quantitative estimate of drug-likeness (QED) is 0.803. The molecular weight excluding hydrogens is 212 g/mol. The van der Waals surface area contributed by atoms with Gasteiger partial charge >= 0.3 is 5.97 Å². The van der Waals surface area contributed by atoms with Crippen LogP contribution in [0.2, 0.25) is 0 Å². The second kappa shape index (κ2) is 4.33. The van der Waals surface area contributed by atoms with E-state index in [0.29, 0.717) is 0 Å². The van der Waals surface area contributed by atoms with Crippen LogP contribution in [0.4, 0.5) is 0 Å². The molecule has 1 aromatic heterocycles. The Hall–Kier alpha value is -0.870. The van der Waals surface area contributed by atoms with Gasteiger partial charge in [0.15, 0.2) is 6.10 Å². The molecule has 15 heavy (non-hydrogen) atoms. The number of aliphatic hydroxyl groups excluding tert-OH is 1. The Morgan fingerprint density at radius 3 is 2.53 bits per heavy atom. The Kier molecular flexibility index (Phi) is 3.52. The predicted molar refractivity (Wildman–Crippen MR) is 60.1 cm³/mol. The maximum atomic E-state index is 11.3. The summed E-state index contributed by atoms with van der Waals surface area (Å²) in [7, 11) is 1.28. The topological polar surface area (TPSA) is 46.5 Å².